The molecule has 4 heterocycles. The average Bonchev–Trinajstić information content (AvgIpc) is 3.44. The van der Waals surface area contributed by atoms with Crippen LogP contribution in [-0.2, 0) is 0 Å². The molecular formula is C17H12FN9OS. The van der Waals surface area contributed by atoms with E-state index >= 15 is 0 Å². The standard InChI is InChI=1S/C17H12FN9OS/c18-10-3-1-9(2-4-10)12-13(26-7-8-28-17(26)22-12)11-5-6-20-14(21-11)27(19)15-23-16(29)25-24-15/h1-8H,19H2,(H2,23,24,25,29). The van der Waals surface area contributed by atoms with Gasteiger partial charge in [0.2, 0.25) is 16.7 Å². The van der Waals surface area contributed by atoms with E-state index in [4.69, 9.17) is 22.5 Å². The molecule has 5 rings (SSSR count). The van der Waals surface area contributed by atoms with Crippen molar-refractivity contribution in [1.82, 2.24) is 34.5 Å². The van der Waals surface area contributed by atoms with E-state index in [0.717, 1.165) is 0 Å². The number of aromatic nitrogens is 7. The zero-order chi connectivity index (χ0) is 20.0. The molecule has 0 aliphatic carbocycles. The van der Waals surface area contributed by atoms with Crippen LogP contribution < -0.4 is 10.9 Å². The van der Waals surface area contributed by atoms with Crippen LogP contribution in [0.15, 0.2) is 53.4 Å². The van der Waals surface area contributed by atoms with Crippen molar-refractivity contribution in [3.63, 3.8) is 0 Å². The number of hydrazine groups is 1. The van der Waals surface area contributed by atoms with Gasteiger partial charge in [0.25, 0.3) is 0 Å². The van der Waals surface area contributed by atoms with Crippen molar-refractivity contribution in [2.45, 2.75) is 0 Å². The summed E-state index contributed by atoms with van der Waals surface area (Å²) >= 11 is 4.95. The summed E-state index contributed by atoms with van der Waals surface area (Å²) in [4.78, 5) is 17.3. The molecule has 0 radical (unpaired) electrons. The highest BCUT2D eigenvalue weighted by molar-refractivity contribution is 7.71. The molecule has 10 nitrogen and oxygen atoms in total. The summed E-state index contributed by atoms with van der Waals surface area (Å²) in [5.74, 6) is 6.56. The molecule has 5 aromatic rings. The van der Waals surface area contributed by atoms with Gasteiger partial charge in [0, 0.05) is 18.0 Å². The topological polar surface area (TPSA) is 130 Å². The molecule has 29 heavy (non-hydrogen) atoms. The molecule has 12 heteroatoms. The number of rotatable bonds is 4. The Labute approximate surface area is 166 Å². The van der Waals surface area contributed by atoms with Crippen LogP contribution in [0.3, 0.4) is 0 Å². The maximum absolute atomic E-state index is 13.4. The largest absolute Gasteiger partial charge is 0.432 e. The molecular weight excluding hydrogens is 397 g/mol. The fourth-order valence-electron chi connectivity index (χ4n) is 2.91. The second-order valence-corrected chi connectivity index (χ2v) is 6.36. The molecule has 0 saturated heterocycles. The van der Waals surface area contributed by atoms with Gasteiger partial charge in [-0.25, -0.2) is 25.2 Å². The molecule has 0 aliphatic heterocycles. The van der Waals surface area contributed by atoms with E-state index in [9.17, 15) is 4.39 Å². The van der Waals surface area contributed by atoms with Crippen LogP contribution in [0.25, 0.3) is 28.5 Å². The molecule has 4 aromatic heterocycles. The number of oxazole rings is 1. The molecule has 144 valence electrons. The number of nitrogens with zero attached hydrogens (tertiary/aromatic N) is 6. The van der Waals surface area contributed by atoms with Gasteiger partial charge >= 0.3 is 5.84 Å². The van der Waals surface area contributed by atoms with Gasteiger partial charge in [0.05, 0.1) is 5.69 Å². The smallest absolute Gasteiger partial charge is 0.306 e. The molecule has 0 atom stereocenters. The number of hydrogen-bond donors (Lipinski definition) is 3. The van der Waals surface area contributed by atoms with E-state index in [2.05, 4.69) is 30.1 Å². The lowest BCUT2D eigenvalue weighted by molar-refractivity contribution is 0.596. The number of anilines is 2. The minimum atomic E-state index is -0.336. The Hall–Kier alpha value is -3.90. The van der Waals surface area contributed by atoms with Crippen LogP contribution in [0.5, 0.6) is 0 Å². The van der Waals surface area contributed by atoms with Crippen LogP contribution in [-0.4, -0.2) is 34.5 Å². The Kier molecular flexibility index (Phi) is 3.93. The minimum absolute atomic E-state index is 0.184. The number of nitrogens with two attached hydrogens (primary N) is 1. The molecule has 0 fully saturated rings. The molecule has 0 bridgehead atoms. The number of hydrogen-bond acceptors (Lipinski definition) is 8. The summed E-state index contributed by atoms with van der Waals surface area (Å²) in [5, 5.41) is 6.57. The molecule has 0 amide bonds. The fraction of sp³-hybridized carbons (Fsp3) is 0. The molecule has 1 aromatic carbocycles. The molecule has 0 unspecified atom stereocenters. The second kappa shape index (κ2) is 6.61. The van der Waals surface area contributed by atoms with Crippen LogP contribution in [0.4, 0.5) is 16.3 Å². The fourth-order valence-corrected chi connectivity index (χ4v) is 3.04. The maximum Gasteiger partial charge on any atom is 0.306 e. The molecule has 4 N–H and O–H groups in total. The molecule has 0 aliphatic rings. The predicted octanol–water partition coefficient (Wildman–Crippen LogP) is 2.98. The summed E-state index contributed by atoms with van der Waals surface area (Å²) in [6, 6.07) is 7.73. The Balaban J connectivity index is 1.66. The summed E-state index contributed by atoms with van der Waals surface area (Å²) in [7, 11) is 0. The number of nitrogens with one attached hydrogen (secondary N) is 2. The summed E-state index contributed by atoms with van der Waals surface area (Å²) in [5.41, 5.74) is 2.47. The van der Waals surface area contributed by atoms with Crippen LogP contribution in [0.2, 0.25) is 0 Å². The van der Waals surface area contributed by atoms with Gasteiger partial charge < -0.3 is 4.42 Å². The van der Waals surface area contributed by atoms with E-state index in [1.165, 1.54) is 23.4 Å². The summed E-state index contributed by atoms with van der Waals surface area (Å²) < 4.78 is 20.8. The highest BCUT2D eigenvalue weighted by atomic mass is 32.1. The van der Waals surface area contributed by atoms with Crippen molar-refractivity contribution < 1.29 is 8.81 Å². The third kappa shape index (κ3) is 2.96. The first kappa shape index (κ1) is 17.2. The number of imidazole rings is 1. The Morgan fingerprint density at radius 2 is 1.93 bits per heavy atom. The van der Waals surface area contributed by atoms with Crippen LogP contribution >= 0.6 is 12.2 Å². The first-order chi connectivity index (χ1) is 14.1. The lowest BCUT2D eigenvalue weighted by Gasteiger charge is -2.13. The Bertz CT molecular complexity index is 1370. The normalized spacial score (nSPS) is 11.2. The Morgan fingerprint density at radius 3 is 2.69 bits per heavy atom. The van der Waals surface area contributed by atoms with Crippen LogP contribution in [0.1, 0.15) is 0 Å². The third-order valence-corrected chi connectivity index (χ3v) is 4.39. The van der Waals surface area contributed by atoms with E-state index < -0.39 is 0 Å². The average molecular weight is 409 g/mol. The van der Waals surface area contributed by atoms with Gasteiger partial charge in [-0.15, -0.1) is 0 Å². The third-order valence-electron chi connectivity index (χ3n) is 4.20. The Morgan fingerprint density at radius 1 is 1.10 bits per heavy atom. The van der Waals surface area contributed by atoms with Gasteiger partial charge in [-0.1, -0.05) is 0 Å². The number of halogens is 1. The SMILES string of the molecule is NN(c1nccc(-c2c(-c3ccc(F)cc3)nc3occn23)n1)c1nc(=S)[nH][nH]1. The zero-order valence-corrected chi connectivity index (χ0v) is 15.4. The summed E-state index contributed by atoms with van der Waals surface area (Å²) in [6.45, 7) is 0. The zero-order valence-electron chi connectivity index (χ0n) is 14.6. The lowest BCUT2D eigenvalue weighted by Crippen LogP contribution is -2.28. The highest BCUT2D eigenvalue weighted by Gasteiger charge is 2.20. The van der Waals surface area contributed by atoms with Crippen molar-refractivity contribution in [2.24, 2.45) is 5.84 Å². The lowest BCUT2D eigenvalue weighted by atomic mass is 10.1. The van der Waals surface area contributed by atoms with Crippen molar-refractivity contribution in [2.75, 3.05) is 5.01 Å². The van der Waals surface area contributed by atoms with Crippen molar-refractivity contribution in [1.29, 1.82) is 0 Å². The number of aromatic amines is 2. The van der Waals surface area contributed by atoms with Gasteiger partial charge in [0.15, 0.2) is 0 Å². The highest BCUT2D eigenvalue weighted by Crippen LogP contribution is 2.32. The van der Waals surface area contributed by atoms with Crippen molar-refractivity contribution in [3.05, 3.63) is 59.6 Å². The predicted molar refractivity (Wildman–Crippen MR) is 104 cm³/mol. The molecule has 0 saturated carbocycles. The van der Waals surface area contributed by atoms with Crippen molar-refractivity contribution >= 4 is 30.0 Å². The van der Waals surface area contributed by atoms with Gasteiger partial charge in [-0.05, 0) is 42.5 Å². The minimum Gasteiger partial charge on any atom is -0.432 e. The second-order valence-electron chi connectivity index (χ2n) is 5.97. The van der Waals surface area contributed by atoms with Crippen molar-refractivity contribution in [3.8, 4) is 22.6 Å². The molecule has 0 spiro atoms. The van der Waals surface area contributed by atoms with Gasteiger partial charge in [0.1, 0.15) is 23.5 Å². The number of fused-ring (bicyclic) bond motifs is 1. The monoisotopic (exact) mass is 409 g/mol. The van der Waals surface area contributed by atoms with Crippen LogP contribution in [0, 0.1) is 10.6 Å². The first-order valence-corrected chi connectivity index (χ1v) is 8.75. The van der Waals surface area contributed by atoms with Gasteiger partial charge in [-0.2, -0.15) is 9.97 Å². The summed E-state index contributed by atoms with van der Waals surface area (Å²) in [6.07, 6.45) is 4.80. The van der Waals surface area contributed by atoms with E-state index in [-0.39, 0.29) is 22.5 Å². The quantitative estimate of drug-likeness (QED) is 0.235. The van der Waals surface area contributed by atoms with Gasteiger partial charge in [-0.3, -0.25) is 14.6 Å². The van der Waals surface area contributed by atoms with E-state index in [1.807, 2.05) is 0 Å². The number of benzene rings is 1. The number of H-pyrrole nitrogens is 2. The van der Waals surface area contributed by atoms with E-state index in [0.29, 0.717) is 28.5 Å². The first-order valence-electron chi connectivity index (χ1n) is 8.34. The van der Waals surface area contributed by atoms with E-state index in [1.54, 1.807) is 35.0 Å². The maximum atomic E-state index is 13.4.